The average Bonchev–Trinajstić information content (AvgIpc) is 3.07. The van der Waals surface area contributed by atoms with Gasteiger partial charge in [-0.25, -0.2) is 0 Å². The zero-order chi connectivity index (χ0) is 17.0. The number of benzene rings is 1. The summed E-state index contributed by atoms with van der Waals surface area (Å²) in [6.45, 7) is 1.86. The van der Waals surface area contributed by atoms with E-state index in [-0.39, 0.29) is 11.3 Å². The fourth-order valence-corrected chi connectivity index (χ4v) is 3.39. The van der Waals surface area contributed by atoms with Crippen molar-refractivity contribution in [3.63, 3.8) is 0 Å². The maximum atomic E-state index is 12.4. The van der Waals surface area contributed by atoms with Crippen molar-refractivity contribution in [1.82, 2.24) is 10.3 Å². The number of methoxy groups -OCH3 is 1. The number of carbonyl (C=O) groups excluding carboxylic acids is 1. The second-order valence-corrected chi connectivity index (χ2v) is 6.44. The molecular formula is C18H21ClN2O3. The molecule has 1 amide bonds. The number of hydrogen-bond acceptors (Lipinski definition) is 3. The summed E-state index contributed by atoms with van der Waals surface area (Å²) in [4.78, 5) is 15.2. The number of para-hydroxylation sites is 1. The van der Waals surface area contributed by atoms with Crippen LogP contribution in [0.3, 0.4) is 0 Å². The van der Waals surface area contributed by atoms with E-state index >= 15 is 0 Å². The van der Waals surface area contributed by atoms with Crippen LogP contribution < -0.4 is 10.1 Å². The van der Waals surface area contributed by atoms with Crippen LogP contribution in [0.25, 0.3) is 0 Å². The number of aromatic amines is 1. The minimum absolute atomic E-state index is 0.164. The van der Waals surface area contributed by atoms with Gasteiger partial charge in [0.1, 0.15) is 11.4 Å². The van der Waals surface area contributed by atoms with Crippen LogP contribution in [-0.4, -0.2) is 37.8 Å². The number of amides is 1. The van der Waals surface area contributed by atoms with E-state index < -0.39 is 0 Å². The summed E-state index contributed by atoms with van der Waals surface area (Å²) >= 11 is 5.87. The summed E-state index contributed by atoms with van der Waals surface area (Å²) < 4.78 is 11.1. The Morgan fingerprint density at radius 2 is 2.12 bits per heavy atom. The van der Waals surface area contributed by atoms with Crippen LogP contribution in [-0.2, 0) is 10.2 Å². The van der Waals surface area contributed by atoms with Crippen LogP contribution in [0, 0.1) is 0 Å². The quantitative estimate of drug-likeness (QED) is 0.872. The molecule has 5 nitrogen and oxygen atoms in total. The Morgan fingerprint density at radius 3 is 2.79 bits per heavy atom. The van der Waals surface area contributed by atoms with Gasteiger partial charge in [-0.1, -0.05) is 29.8 Å². The Morgan fingerprint density at radius 1 is 1.38 bits per heavy atom. The highest BCUT2D eigenvalue weighted by Gasteiger charge is 2.37. The molecule has 1 aromatic heterocycles. The van der Waals surface area contributed by atoms with Crippen LogP contribution in [0.4, 0.5) is 0 Å². The third kappa shape index (κ3) is 3.42. The lowest BCUT2D eigenvalue weighted by atomic mass is 9.73. The van der Waals surface area contributed by atoms with Gasteiger partial charge in [0.05, 0.1) is 12.1 Å². The lowest BCUT2D eigenvalue weighted by Gasteiger charge is -2.38. The smallest absolute Gasteiger partial charge is 0.267 e. The zero-order valence-electron chi connectivity index (χ0n) is 13.6. The SMILES string of the molecule is COc1ccccc1C1(CNC(=O)c2cc(Cl)c[nH]2)CCOCC1. The van der Waals surface area contributed by atoms with Gasteiger partial charge in [-0.3, -0.25) is 4.79 Å². The molecule has 0 spiro atoms. The van der Waals surface area contributed by atoms with E-state index in [9.17, 15) is 4.79 Å². The fraction of sp³-hybridized carbons (Fsp3) is 0.389. The first-order valence-corrected chi connectivity index (χ1v) is 8.36. The molecule has 0 bridgehead atoms. The minimum Gasteiger partial charge on any atom is -0.496 e. The third-order valence-electron chi connectivity index (χ3n) is 4.61. The van der Waals surface area contributed by atoms with Crippen molar-refractivity contribution in [3.8, 4) is 5.75 Å². The number of ether oxygens (including phenoxy) is 2. The highest BCUT2D eigenvalue weighted by molar-refractivity contribution is 6.30. The molecule has 0 aliphatic carbocycles. The van der Waals surface area contributed by atoms with Crippen molar-refractivity contribution < 1.29 is 14.3 Å². The van der Waals surface area contributed by atoms with E-state index in [1.807, 2.05) is 18.2 Å². The molecular weight excluding hydrogens is 328 g/mol. The van der Waals surface area contributed by atoms with E-state index in [4.69, 9.17) is 21.1 Å². The van der Waals surface area contributed by atoms with E-state index in [1.165, 1.54) is 0 Å². The molecule has 0 unspecified atom stereocenters. The first kappa shape index (κ1) is 16.9. The summed E-state index contributed by atoms with van der Waals surface area (Å²) in [5.41, 5.74) is 1.37. The Bertz CT molecular complexity index is 708. The van der Waals surface area contributed by atoms with Crippen LogP contribution in [0.15, 0.2) is 36.5 Å². The molecule has 1 aromatic carbocycles. The molecule has 0 atom stereocenters. The van der Waals surface area contributed by atoms with E-state index in [0.29, 0.717) is 30.5 Å². The molecule has 3 rings (SSSR count). The molecule has 2 N–H and O–H groups in total. The maximum Gasteiger partial charge on any atom is 0.267 e. The number of hydrogen-bond donors (Lipinski definition) is 2. The Labute approximate surface area is 146 Å². The van der Waals surface area contributed by atoms with Gasteiger partial charge < -0.3 is 19.8 Å². The third-order valence-corrected chi connectivity index (χ3v) is 4.83. The van der Waals surface area contributed by atoms with Gasteiger partial charge in [0.2, 0.25) is 0 Å². The van der Waals surface area contributed by atoms with Gasteiger partial charge in [-0.2, -0.15) is 0 Å². The van der Waals surface area contributed by atoms with Gasteiger partial charge in [0, 0.05) is 36.9 Å². The number of rotatable bonds is 5. The molecule has 1 fully saturated rings. The molecule has 24 heavy (non-hydrogen) atoms. The monoisotopic (exact) mass is 348 g/mol. The number of carbonyl (C=O) groups is 1. The van der Waals surface area contributed by atoms with Crippen molar-refractivity contribution >= 4 is 17.5 Å². The van der Waals surface area contributed by atoms with E-state index in [2.05, 4.69) is 16.4 Å². The van der Waals surface area contributed by atoms with Gasteiger partial charge >= 0.3 is 0 Å². The molecule has 2 heterocycles. The van der Waals surface area contributed by atoms with Crippen LogP contribution in [0.1, 0.15) is 28.9 Å². The molecule has 128 valence electrons. The second kappa shape index (κ2) is 7.28. The number of aromatic nitrogens is 1. The van der Waals surface area contributed by atoms with Crippen molar-refractivity contribution in [2.75, 3.05) is 26.9 Å². The predicted octanol–water partition coefficient (Wildman–Crippen LogP) is 3.15. The summed E-state index contributed by atoms with van der Waals surface area (Å²) in [5.74, 6) is 0.680. The zero-order valence-corrected chi connectivity index (χ0v) is 14.4. The predicted molar refractivity (Wildman–Crippen MR) is 92.9 cm³/mol. The Balaban J connectivity index is 1.82. The maximum absolute atomic E-state index is 12.4. The molecule has 1 saturated heterocycles. The summed E-state index contributed by atoms with van der Waals surface area (Å²) in [6.07, 6.45) is 3.26. The van der Waals surface area contributed by atoms with Crippen molar-refractivity contribution in [3.05, 3.63) is 52.8 Å². The number of halogens is 1. The average molecular weight is 349 g/mol. The Kier molecular flexibility index (Phi) is 5.11. The number of nitrogens with one attached hydrogen (secondary N) is 2. The van der Waals surface area contributed by atoms with Crippen molar-refractivity contribution in [2.24, 2.45) is 0 Å². The molecule has 0 saturated carbocycles. The molecule has 1 aliphatic rings. The molecule has 6 heteroatoms. The Hall–Kier alpha value is -1.98. The van der Waals surface area contributed by atoms with Crippen LogP contribution in [0.2, 0.25) is 5.02 Å². The fourth-order valence-electron chi connectivity index (χ4n) is 3.23. The number of H-pyrrole nitrogens is 1. The van der Waals surface area contributed by atoms with E-state index in [1.54, 1.807) is 19.4 Å². The van der Waals surface area contributed by atoms with E-state index in [0.717, 1.165) is 24.2 Å². The van der Waals surface area contributed by atoms with Gasteiger partial charge in [0.25, 0.3) is 5.91 Å². The van der Waals surface area contributed by atoms with Crippen molar-refractivity contribution in [1.29, 1.82) is 0 Å². The molecule has 2 aromatic rings. The first-order valence-electron chi connectivity index (χ1n) is 7.98. The summed E-state index contributed by atoms with van der Waals surface area (Å²) in [5, 5.41) is 3.55. The minimum atomic E-state index is -0.198. The normalized spacial score (nSPS) is 16.6. The summed E-state index contributed by atoms with van der Waals surface area (Å²) in [6, 6.07) is 9.61. The lowest BCUT2D eigenvalue weighted by Crippen LogP contribution is -2.44. The largest absolute Gasteiger partial charge is 0.496 e. The lowest BCUT2D eigenvalue weighted by molar-refractivity contribution is 0.0478. The van der Waals surface area contributed by atoms with Gasteiger partial charge in [0.15, 0.2) is 0 Å². The summed E-state index contributed by atoms with van der Waals surface area (Å²) in [7, 11) is 1.67. The highest BCUT2D eigenvalue weighted by Crippen LogP contribution is 2.39. The van der Waals surface area contributed by atoms with Crippen LogP contribution in [0.5, 0.6) is 5.75 Å². The van der Waals surface area contributed by atoms with Crippen LogP contribution >= 0.6 is 11.6 Å². The highest BCUT2D eigenvalue weighted by atomic mass is 35.5. The van der Waals surface area contributed by atoms with Gasteiger partial charge in [-0.15, -0.1) is 0 Å². The molecule has 1 aliphatic heterocycles. The molecule has 0 radical (unpaired) electrons. The topological polar surface area (TPSA) is 63.3 Å². The first-order chi connectivity index (χ1) is 11.6. The second-order valence-electron chi connectivity index (χ2n) is 6.01. The van der Waals surface area contributed by atoms with Crippen molar-refractivity contribution in [2.45, 2.75) is 18.3 Å². The van der Waals surface area contributed by atoms with Gasteiger partial charge in [-0.05, 0) is 25.0 Å². The standard InChI is InChI=1S/C18H21ClN2O3/c1-23-16-5-3-2-4-14(16)18(6-8-24-9-7-18)12-21-17(22)15-10-13(19)11-20-15/h2-5,10-11,20H,6-9,12H2,1H3,(H,21,22).